The van der Waals surface area contributed by atoms with Crippen molar-refractivity contribution in [2.75, 3.05) is 26.7 Å². The van der Waals surface area contributed by atoms with Gasteiger partial charge in [-0.25, -0.2) is 4.39 Å². The first kappa shape index (κ1) is 14.5. The van der Waals surface area contributed by atoms with E-state index in [-0.39, 0.29) is 24.2 Å². The normalized spacial score (nSPS) is 18.8. The Hall–Kier alpha value is -1.95. The number of nitrogens with zero attached hydrogens (tertiary/aromatic N) is 1. The molecule has 0 aromatic heterocycles. The van der Waals surface area contributed by atoms with Crippen molar-refractivity contribution in [3.63, 3.8) is 0 Å². The molecule has 2 rings (SSSR count). The van der Waals surface area contributed by atoms with Gasteiger partial charge in [-0.15, -0.1) is 0 Å². The number of ether oxygens (including phenoxy) is 1. The summed E-state index contributed by atoms with van der Waals surface area (Å²) in [6.45, 7) is 2.62. The Morgan fingerprint density at radius 3 is 2.85 bits per heavy atom. The molecule has 1 aliphatic heterocycles. The van der Waals surface area contributed by atoms with Crippen LogP contribution in [0.15, 0.2) is 18.2 Å². The van der Waals surface area contributed by atoms with E-state index >= 15 is 0 Å². The van der Waals surface area contributed by atoms with E-state index < -0.39 is 6.10 Å². The van der Waals surface area contributed by atoms with E-state index in [9.17, 15) is 14.0 Å². The van der Waals surface area contributed by atoms with Crippen molar-refractivity contribution in [1.29, 1.82) is 0 Å². The molecule has 1 aromatic carbocycles. The van der Waals surface area contributed by atoms with Gasteiger partial charge in [0.25, 0.3) is 11.8 Å². The number of carbonyl (C=O) groups is 2. The lowest BCUT2D eigenvalue weighted by Gasteiger charge is -2.32. The highest BCUT2D eigenvalue weighted by Crippen LogP contribution is 2.15. The zero-order chi connectivity index (χ0) is 14.7. The van der Waals surface area contributed by atoms with Gasteiger partial charge in [-0.3, -0.25) is 9.59 Å². The van der Waals surface area contributed by atoms with Gasteiger partial charge in [0.15, 0.2) is 6.10 Å². The van der Waals surface area contributed by atoms with Gasteiger partial charge >= 0.3 is 0 Å². The van der Waals surface area contributed by atoms with E-state index in [0.717, 1.165) is 0 Å². The summed E-state index contributed by atoms with van der Waals surface area (Å²) in [5.41, 5.74) is 1.03. The fourth-order valence-corrected chi connectivity index (χ4v) is 2.19. The zero-order valence-electron chi connectivity index (χ0n) is 11.5. The zero-order valence-corrected chi connectivity index (χ0v) is 11.5. The van der Waals surface area contributed by atoms with E-state index in [1.54, 1.807) is 11.8 Å². The van der Waals surface area contributed by atoms with Gasteiger partial charge in [0.2, 0.25) is 0 Å². The predicted molar refractivity (Wildman–Crippen MR) is 70.8 cm³/mol. The molecule has 0 radical (unpaired) electrons. The van der Waals surface area contributed by atoms with Crippen LogP contribution in [0.5, 0.6) is 0 Å². The lowest BCUT2D eigenvalue weighted by molar-refractivity contribution is -0.136. The molecule has 0 aliphatic carbocycles. The molecular weight excluding hydrogens is 263 g/mol. The maximum atomic E-state index is 13.1. The van der Waals surface area contributed by atoms with Crippen molar-refractivity contribution in [1.82, 2.24) is 10.2 Å². The molecule has 1 heterocycles. The van der Waals surface area contributed by atoms with Gasteiger partial charge in [0.1, 0.15) is 5.82 Å². The third kappa shape index (κ3) is 2.96. The summed E-state index contributed by atoms with van der Waals surface area (Å²) in [6.07, 6.45) is -0.654. The summed E-state index contributed by atoms with van der Waals surface area (Å²) in [7, 11) is 1.52. The standard InChI is InChI=1S/C14H17FN2O3/c1-9-7-10(15)3-4-11(9)14(19)17-5-6-20-12(8-17)13(18)16-2/h3-4,7,12H,5-6,8H2,1-2H3,(H,16,18)/t12-/m1/s1. The molecule has 1 atom stereocenters. The number of hydrogen-bond acceptors (Lipinski definition) is 3. The molecule has 108 valence electrons. The first-order chi connectivity index (χ1) is 9.52. The molecule has 1 fully saturated rings. The molecule has 2 amide bonds. The molecule has 0 spiro atoms. The number of carbonyl (C=O) groups excluding carboxylic acids is 2. The summed E-state index contributed by atoms with van der Waals surface area (Å²) < 4.78 is 18.4. The molecular formula is C14H17FN2O3. The maximum Gasteiger partial charge on any atom is 0.254 e. The van der Waals surface area contributed by atoms with Crippen molar-refractivity contribution in [3.8, 4) is 0 Å². The molecule has 1 saturated heterocycles. The molecule has 0 unspecified atom stereocenters. The quantitative estimate of drug-likeness (QED) is 0.868. The highest BCUT2D eigenvalue weighted by atomic mass is 19.1. The number of nitrogens with one attached hydrogen (secondary N) is 1. The Morgan fingerprint density at radius 2 is 2.20 bits per heavy atom. The number of morpholine rings is 1. The average Bonchev–Trinajstić information content (AvgIpc) is 2.46. The number of amides is 2. The highest BCUT2D eigenvalue weighted by Gasteiger charge is 2.29. The minimum atomic E-state index is -0.654. The number of likely N-dealkylation sites (N-methyl/N-ethyl adjacent to an activating group) is 1. The third-order valence-electron chi connectivity index (χ3n) is 3.31. The maximum absolute atomic E-state index is 13.1. The smallest absolute Gasteiger partial charge is 0.254 e. The van der Waals surface area contributed by atoms with Crippen molar-refractivity contribution >= 4 is 11.8 Å². The first-order valence-electron chi connectivity index (χ1n) is 6.41. The van der Waals surface area contributed by atoms with E-state index in [4.69, 9.17) is 4.74 Å². The molecule has 1 N–H and O–H groups in total. The summed E-state index contributed by atoms with van der Waals surface area (Å²) in [4.78, 5) is 25.5. The van der Waals surface area contributed by atoms with E-state index in [0.29, 0.717) is 24.3 Å². The van der Waals surface area contributed by atoms with Crippen LogP contribution < -0.4 is 5.32 Å². The minimum absolute atomic E-state index is 0.204. The van der Waals surface area contributed by atoms with Crippen LogP contribution in [0.3, 0.4) is 0 Å². The summed E-state index contributed by atoms with van der Waals surface area (Å²) >= 11 is 0. The highest BCUT2D eigenvalue weighted by molar-refractivity contribution is 5.96. The molecule has 1 aliphatic rings. The number of hydrogen-bond donors (Lipinski definition) is 1. The predicted octanol–water partition coefficient (Wildman–Crippen LogP) is 0.721. The Labute approximate surface area is 116 Å². The van der Waals surface area contributed by atoms with Gasteiger partial charge in [0, 0.05) is 19.2 Å². The lowest BCUT2D eigenvalue weighted by Crippen LogP contribution is -2.51. The third-order valence-corrected chi connectivity index (χ3v) is 3.31. The fraction of sp³-hybridized carbons (Fsp3) is 0.429. The van der Waals surface area contributed by atoms with Gasteiger partial charge in [0.05, 0.1) is 13.2 Å². The van der Waals surface area contributed by atoms with Gasteiger partial charge in [-0.1, -0.05) is 0 Å². The van der Waals surface area contributed by atoms with Crippen LogP contribution in [0.1, 0.15) is 15.9 Å². The molecule has 0 bridgehead atoms. The SMILES string of the molecule is CNC(=O)[C@H]1CN(C(=O)c2ccc(F)cc2C)CCO1. The second kappa shape index (κ2) is 6.00. The molecule has 1 aromatic rings. The molecule has 6 heteroatoms. The second-order valence-electron chi connectivity index (χ2n) is 4.68. The summed E-state index contributed by atoms with van der Waals surface area (Å²) in [5.74, 6) is -0.831. The average molecular weight is 280 g/mol. The van der Waals surface area contributed by atoms with Crippen molar-refractivity contribution in [2.45, 2.75) is 13.0 Å². The number of aryl methyl sites for hydroxylation is 1. The largest absolute Gasteiger partial charge is 0.365 e. The first-order valence-corrected chi connectivity index (χ1v) is 6.41. The number of rotatable bonds is 2. The summed E-state index contributed by atoms with van der Waals surface area (Å²) in [5, 5.41) is 2.50. The van der Waals surface area contributed by atoms with Gasteiger partial charge < -0.3 is 15.0 Å². The number of halogens is 1. The number of benzene rings is 1. The van der Waals surface area contributed by atoms with Crippen LogP contribution in [-0.4, -0.2) is 49.6 Å². The van der Waals surface area contributed by atoms with E-state index in [1.165, 1.54) is 25.2 Å². The summed E-state index contributed by atoms with van der Waals surface area (Å²) in [6, 6.07) is 4.05. The molecule has 20 heavy (non-hydrogen) atoms. The van der Waals surface area contributed by atoms with Crippen LogP contribution in [0.4, 0.5) is 4.39 Å². The minimum Gasteiger partial charge on any atom is -0.365 e. The van der Waals surface area contributed by atoms with E-state index in [1.807, 2.05) is 0 Å². The monoisotopic (exact) mass is 280 g/mol. The van der Waals surface area contributed by atoms with Crippen LogP contribution in [0, 0.1) is 12.7 Å². The van der Waals surface area contributed by atoms with E-state index in [2.05, 4.69) is 5.32 Å². The van der Waals surface area contributed by atoms with Crippen molar-refractivity contribution < 1.29 is 18.7 Å². The lowest BCUT2D eigenvalue weighted by atomic mass is 10.1. The Bertz CT molecular complexity index is 533. The van der Waals surface area contributed by atoms with Crippen LogP contribution in [-0.2, 0) is 9.53 Å². The Balaban J connectivity index is 2.14. The van der Waals surface area contributed by atoms with Crippen LogP contribution in [0.25, 0.3) is 0 Å². The van der Waals surface area contributed by atoms with Crippen molar-refractivity contribution in [2.24, 2.45) is 0 Å². The Kier molecular flexibility index (Phi) is 4.34. The molecule has 0 saturated carbocycles. The fourth-order valence-electron chi connectivity index (χ4n) is 2.19. The Morgan fingerprint density at radius 1 is 1.45 bits per heavy atom. The van der Waals surface area contributed by atoms with Gasteiger partial charge in [-0.2, -0.15) is 0 Å². The van der Waals surface area contributed by atoms with Crippen LogP contribution in [0.2, 0.25) is 0 Å². The van der Waals surface area contributed by atoms with Gasteiger partial charge in [-0.05, 0) is 30.7 Å². The van der Waals surface area contributed by atoms with Crippen molar-refractivity contribution in [3.05, 3.63) is 35.1 Å². The topological polar surface area (TPSA) is 58.6 Å². The molecule has 5 nitrogen and oxygen atoms in total. The second-order valence-corrected chi connectivity index (χ2v) is 4.68. The van der Waals surface area contributed by atoms with Crippen LogP contribution >= 0.6 is 0 Å².